The summed E-state index contributed by atoms with van der Waals surface area (Å²) in [6.07, 6.45) is 2.19. The van der Waals surface area contributed by atoms with Gasteiger partial charge in [0.2, 0.25) is 11.7 Å². The molecule has 88 valence electrons. The Morgan fingerprint density at radius 2 is 2.24 bits per heavy atom. The normalized spacial score (nSPS) is 19.7. The van der Waals surface area contributed by atoms with E-state index in [0.717, 1.165) is 24.9 Å². The van der Waals surface area contributed by atoms with Gasteiger partial charge in [-0.15, -0.1) is 0 Å². The van der Waals surface area contributed by atoms with Gasteiger partial charge in [-0.3, -0.25) is 0 Å². The van der Waals surface area contributed by atoms with Crippen LogP contribution in [0.3, 0.4) is 0 Å². The number of hydrogen-bond acceptors (Lipinski definition) is 4. The van der Waals surface area contributed by atoms with E-state index in [9.17, 15) is 0 Å². The van der Waals surface area contributed by atoms with E-state index in [1.165, 1.54) is 0 Å². The highest BCUT2D eigenvalue weighted by Gasteiger charge is 2.23. The van der Waals surface area contributed by atoms with Crippen molar-refractivity contribution >= 4 is 11.6 Å². The first-order valence-electron chi connectivity index (χ1n) is 5.66. The summed E-state index contributed by atoms with van der Waals surface area (Å²) in [5.74, 6) is 1.21. The Hall–Kier alpha value is -1.39. The lowest BCUT2D eigenvalue weighted by Gasteiger charge is -2.01. The van der Waals surface area contributed by atoms with Crippen LogP contribution in [0.15, 0.2) is 28.8 Å². The van der Waals surface area contributed by atoms with Crippen molar-refractivity contribution in [1.29, 1.82) is 0 Å². The van der Waals surface area contributed by atoms with Crippen LogP contribution in [0.2, 0.25) is 5.02 Å². The standard InChI is InChI=1S/C12H12ClN3O/c13-9-5-2-1-4-8(9)11-15-12(17-16-11)10-6-3-7-14-10/h1-2,4-5,10,14H,3,6-7H2/t10-/m1/s1. The molecule has 0 amide bonds. The topological polar surface area (TPSA) is 51.0 Å². The Morgan fingerprint density at radius 1 is 1.35 bits per heavy atom. The maximum Gasteiger partial charge on any atom is 0.244 e. The van der Waals surface area contributed by atoms with Crippen LogP contribution < -0.4 is 5.32 Å². The number of nitrogens with zero attached hydrogens (tertiary/aromatic N) is 2. The van der Waals surface area contributed by atoms with Crippen LogP contribution in [0.5, 0.6) is 0 Å². The van der Waals surface area contributed by atoms with E-state index in [4.69, 9.17) is 16.1 Å². The SMILES string of the molecule is Clc1ccccc1-c1noc([C@H]2CCCN2)n1. The highest BCUT2D eigenvalue weighted by atomic mass is 35.5. The molecule has 0 spiro atoms. The molecule has 0 saturated carbocycles. The van der Waals surface area contributed by atoms with E-state index in [1.54, 1.807) is 0 Å². The van der Waals surface area contributed by atoms with Gasteiger partial charge in [0.25, 0.3) is 0 Å². The molecule has 17 heavy (non-hydrogen) atoms. The molecule has 5 heteroatoms. The van der Waals surface area contributed by atoms with Gasteiger partial charge in [-0.05, 0) is 31.5 Å². The summed E-state index contributed by atoms with van der Waals surface area (Å²) < 4.78 is 5.28. The van der Waals surface area contributed by atoms with Crippen molar-refractivity contribution in [2.24, 2.45) is 0 Å². The molecule has 0 aliphatic carbocycles. The lowest BCUT2D eigenvalue weighted by atomic mass is 10.2. The Balaban J connectivity index is 1.92. The van der Waals surface area contributed by atoms with Crippen LogP contribution >= 0.6 is 11.6 Å². The lowest BCUT2D eigenvalue weighted by Crippen LogP contribution is -2.12. The Bertz CT molecular complexity index is 520. The number of benzene rings is 1. The summed E-state index contributed by atoms with van der Waals surface area (Å²) >= 11 is 6.09. The molecule has 0 unspecified atom stereocenters. The zero-order valence-corrected chi connectivity index (χ0v) is 9.94. The van der Waals surface area contributed by atoms with E-state index < -0.39 is 0 Å². The van der Waals surface area contributed by atoms with Crippen LogP contribution in [0.1, 0.15) is 24.8 Å². The molecule has 1 N–H and O–H groups in total. The minimum Gasteiger partial charge on any atom is -0.337 e. The predicted molar refractivity (Wildman–Crippen MR) is 64.7 cm³/mol. The Morgan fingerprint density at radius 3 is 3.00 bits per heavy atom. The largest absolute Gasteiger partial charge is 0.337 e. The van der Waals surface area contributed by atoms with Gasteiger partial charge in [0, 0.05) is 5.56 Å². The summed E-state index contributed by atoms with van der Waals surface area (Å²) in [6, 6.07) is 7.69. The first-order chi connectivity index (χ1) is 8.34. The second-order valence-electron chi connectivity index (χ2n) is 4.09. The second kappa shape index (κ2) is 4.47. The molecular weight excluding hydrogens is 238 g/mol. The van der Waals surface area contributed by atoms with Crippen molar-refractivity contribution in [2.45, 2.75) is 18.9 Å². The fraction of sp³-hybridized carbons (Fsp3) is 0.333. The highest BCUT2D eigenvalue weighted by molar-refractivity contribution is 6.33. The van der Waals surface area contributed by atoms with E-state index in [2.05, 4.69) is 15.5 Å². The molecule has 1 fully saturated rings. The number of rotatable bonds is 2. The minimum atomic E-state index is 0.193. The van der Waals surface area contributed by atoms with Crippen LogP contribution in [0.25, 0.3) is 11.4 Å². The van der Waals surface area contributed by atoms with Crippen molar-refractivity contribution in [2.75, 3.05) is 6.54 Å². The summed E-state index contributed by atoms with van der Waals surface area (Å²) in [5, 5.41) is 7.94. The molecule has 2 heterocycles. The second-order valence-corrected chi connectivity index (χ2v) is 4.49. The molecule has 4 nitrogen and oxygen atoms in total. The van der Waals surface area contributed by atoms with Crippen molar-refractivity contribution in [1.82, 2.24) is 15.5 Å². The van der Waals surface area contributed by atoms with Crippen molar-refractivity contribution in [3.63, 3.8) is 0 Å². The van der Waals surface area contributed by atoms with Gasteiger partial charge in [0.1, 0.15) is 0 Å². The Labute approximate surface area is 104 Å². The first kappa shape index (κ1) is 10.7. The van der Waals surface area contributed by atoms with E-state index in [-0.39, 0.29) is 6.04 Å². The summed E-state index contributed by atoms with van der Waals surface area (Å²) in [4.78, 5) is 4.40. The molecule has 1 saturated heterocycles. The third-order valence-corrected chi connectivity index (χ3v) is 3.24. The van der Waals surface area contributed by atoms with Gasteiger partial charge in [-0.2, -0.15) is 4.98 Å². The van der Waals surface area contributed by atoms with Gasteiger partial charge in [0.15, 0.2) is 0 Å². The van der Waals surface area contributed by atoms with E-state index in [1.807, 2.05) is 24.3 Å². The van der Waals surface area contributed by atoms with E-state index >= 15 is 0 Å². The molecule has 1 atom stereocenters. The number of nitrogens with one attached hydrogen (secondary N) is 1. The molecule has 1 aromatic heterocycles. The quantitative estimate of drug-likeness (QED) is 0.889. The summed E-state index contributed by atoms with van der Waals surface area (Å²) in [6.45, 7) is 1.01. The average Bonchev–Trinajstić information content (AvgIpc) is 3.00. The highest BCUT2D eigenvalue weighted by Crippen LogP contribution is 2.27. The maximum atomic E-state index is 6.09. The van der Waals surface area contributed by atoms with Crippen LogP contribution in [0.4, 0.5) is 0 Å². The molecule has 1 aromatic carbocycles. The van der Waals surface area contributed by atoms with Gasteiger partial charge in [-0.25, -0.2) is 0 Å². The third kappa shape index (κ3) is 2.06. The third-order valence-electron chi connectivity index (χ3n) is 2.91. The smallest absolute Gasteiger partial charge is 0.244 e. The van der Waals surface area contributed by atoms with Crippen molar-refractivity contribution < 1.29 is 4.52 Å². The van der Waals surface area contributed by atoms with Gasteiger partial charge in [-0.1, -0.05) is 28.9 Å². The zero-order valence-electron chi connectivity index (χ0n) is 9.19. The molecule has 1 aliphatic rings. The number of halogens is 1. The first-order valence-corrected chi connectivity index (χ1v) is 6.04. The monoisotopic (exact) mass is 249 g/mol. The lowest BCUT2D eigenvalue weighted by molar-refractivity contribution is 0.345. The van der Waals surface area contributed by atoms with Gasteiger partial charge >= 0.3 is 0 Å². The molecule has 0 bridgehead atoms. The molecule has 3 rings (SSSR count). The fourth-order valence-electron chi connectivity index (χ4n) is 2.02. The molecule has 2 aromatic rings. The summed E-state index contributed by atoms with van der Waals surface area (Å²) in [5.41, 5.74) is 0.808. The minimum absolute atomic E-state index is 0.193. The average molecular weight is 250 g/mol. The molecular formula is C12H12ClN3O. The summed E-state index contributed by atoms with van der Waals surface area (Å²) in [7, 11) is 0. The van der Waals surface area contributed by atoms with Crippen LogP contribution in [-0.4, -0.2) is 16.7 Å². The molecule has 1 aliphatic heterocycles. The fourth-order valence-corrected chi connectivity index (χ4v) is 2.24. The number of aromatic nitrogens is 2. The Kier molecular flexibility index (Phi) is 2.82. The zero-order chi connectivity index (χ0) is 11.7. The van der Waals surface area contributed by atoms with Crippen LogP contribution in [0, 0.1) is 0 Å². The van der Waals surface area contributed by atoms with E-state index in [0.29, 0.717) is 16.7 Å². The van der Waals surface area contributed by atoms with Crippen LogP contribution in [-0.2, 0) is 0 Å². The van der Waals surface area contributed by atoms with Crippen molar-refractivity contribution in [3.05, 3.63) is 35.2 Å². The molecule has 0 radical (unpaired) electrons. The number of hydrogen-bond donors (Lipinski definition) is 1. The van der Waals surface area contributed by atoms with Gasteiger partial charge < -0.3 is 9.84 Å². The van der Waals surface area contributed by atoms with Gasteiger partial charge in [0.05, 0.1) is 11.1 Å². The van der Waals surface area contributed by atoms with Crippen molar-refractivity contribution in [3.8, 4) is 11.4 Å². The predicted octanol–water partition coefficient (Wildman–Crippen LogP) is 2.81. The maximum absolute atomic E-state index is 6.09.